The zero-order valence-corrected chi connectivity index (χ0v) is 9.73. The molecular formula is C10H9N3O3S. The molecule has 0 atom stereocenters. The van der Waals surface area contributed by atoms with Gasteiger partial charge in [-0.1, -0.05) is 4.49 Å². The molecule has 2 N–H and O–H groups in total. The number of nitrogens with zero attached hydrogens (tertiary/aromatic N) is 2. The maximum Gasteiger partial charge on any atom is 0.359 e. The third kappa shape index (κ3) is 2.51. The van der Waals surface area contributed by atoms with Crippen molar-refractivity contribution in [1.82, 2.24) is 9.59 Å². The van der Waals surface area contributed by atoms with Crippen molar-refractivity contribution in [3.05, 3.63) is 29.1 Å². The Morgan fingerprint density at radius 2 is 1.94 bits per heavy atom. The van der Waals surface area contributed by atoms with Crippen LogP contribution in [0.1, 0.15) is 9.67 Å². The Hall–Kier alpha value is -2.15. The molecule has 0 bridgehead atoms. The van der Waals surface area contributed by atoms with E-state index < -0.39 is 5.97 Å². The Bertz CT molecular complexity index is 524. The van der Waals surface area contributed by atoms with E-state index >= 15 is 0 Å². The summed E-state index contributed by atoms with van der Waals surface area (Å²) in [5.41, 5.74) is 5.46. The fourth-order valence-electron chi connectivity index (χ4n) is 1.14. The normalized spacial score (nSPS) is 9.94. The van der Waals surface area contributed by atoms with Gasteiger partial charge in [0.05, 0.1) is 7.11 Å². The maximum atomic E-state index is 11.6. The lowest BCUT2D eigenvalue weighted by molar-refractivity contribution is 0.0740. The zero-order valence-electron chi connectivity index (χ0n) is 8.91. The van der Waals surface area contributed by atoms with Gasteiger partial charge in [-0.15, -0.1) is 5.10 Å². The third-order valence-corrected chi connectivity index (χ3v) is 2.69. The first-order valence-electron chi connectivity index (χ1n) is 4.65. The monoisotopic (exact) mass is 251 g/mol. The van der Waals surface area contributed by atoms with E-state index in [4.69, 9.17) is 15.2 Å². The van der Waals surface area contributed by atoms with Crippen LogP contribution in [0.5, 0.6) is 11.5 Å². The van der Waals surface area contributed by atoms with Gasteiger partial charge in [0.15, 0.2) is 10.7 Å². The summed E-state index contributed by atoms with van der Waals surface area (Å²) >= 11 is 0.899. The minimum Gasteiger partial charge on any atom is -0.497 e. The number of anilines is 1. The fraction of sp³-hybridized carbons (Fsp3) is 0.100. The van der Waals surface area contributed by atoms with Gasteiger partial charge in [0.2, 0.25) is 0 Å². The Kier molecular flexibility index (Phi) is 3.20. The maximum absolute atomic E-state index is 11.6. The van der Waals surface area contributed by atoms with Crippen molar-refractivity contribution < 1.29 is 14.3 Å². The number of methoxy groups -OCH3 is 1. The molecule has 7 heteroatoms. The molecule has 17 heavy (non-hydrogen) atoms. The van der Waals surface area contributed by atoms with E-state index in [2.05, 4.69) is 9.59 Å². The van der Waals surface area contributed by atoms with Crippen LogP contribution in [0, 0.1) is 0 Å². The zero-order chi connectivity index (χ0) is 12.3. The van der Waals surface area contributed by atoms with E-state index in [1.807, 2.05) is 0 Å². The highest BCUT2D eigenvalue weighted by molar-refractivity contribution is 7.08. The van der Waals surface area contributed by atoms with Crippen molar-refractivity contribution in [2.75, 3.05) is 12.8 Å². The molecule has 0 radical (unpaired) electrons. The summed E-state index contributed by atoms with van der Waals surface area (Å²) in [4.78, 5) is 11.8. The van der Waals surface area contributed by atoms with Crippen molar-refractivity contribution >= 4 is 23.3 Å². The molecule has 0 saturated heterocycles. The van der Waals surface area contributed by atoms with Crippen LogP contribution >= 0.6 is 11.5 Å². The minimum atomic E-state index is -0.567. The lowest BCUT2D eigenvalue weighted by atomic mass is 10.3. The van der Waals surface area contributed by atoms with Gasteiger partial charge in [-0.05, 0) is 35.8 Å². The van der Waals surface area contributed by atoms with Crippen LogP contribution in [0.25, 0.3) is 0 Å². The predicted molar refractivity (Wildman–Crippen MR) is 62.3 cm³/mol. The first-order chi connectivity index (χ1) is 8.20. The minimum absolute atomic E-state index is 0.0773. The largest absolute Gasteiger partial charge is 0.497 e. The van der Waals surface area contributed by atoms with Crippen molar-refractivity contribution in [2.45, 2.75) is 0 Å². The number of ether oxygens (including phenoxy) is 2. The molecule has 0 aliphatic rings. The first-order valence-corrected chi connectivity index (χ1v) is 5.42. The van der Waals surface area contributed by atoms with Crippen molar-refractivity contribution in [1.29, 1.82) is 0 Å². The number of rotatable bonds is 3. The second kappa shape index (κ2) is 4.79. The molecule has 0 spiro atoms. The Labute approximate surface area is 101 Å². The Balaban J connectivity index is 2.10. The lowest BCUT2D eigenvalue weighted by Crippen LogP contribution is -2.08. The van der Waals surface area contributed by atoms with Gasteiger partial charge >= 0.3 is 5.97 Å². The molecule has 1 aromatic carbocycles. The second-order valence-corrected chi connectivity index (χ2v) is 3.81. The van der Waals surface area contributed by atoms with E-state index in [9.17, 15) is 4.79 Å². The van der Waals surface area contributed by atoms with Crippen LogP contribution in [0.4, 0.5) is 5.82 Å². The van der Waals surface area contributed by atoms with Crippen LogP contribution in [0.3, 0.4) is 0 Å². The SMILES string of the molecule is COc1ccc(OC(=O)c2snnc2N)cc1. The van der Waals surface area contributed by atoms with Gasteiger partial charge in [0.1, 0.15) is 11.5 Å². The van der Waals surface area contributed by atoms with Crippen LogP contribution in [-0.2, 0) is 0 Å². The molecule has 6 nitrogen and oxygen atoms in total. The molecule has 88 valence electrons. The second-order valence-electron chi connectivity index (χ2n) is 3.05. The number of nitrogen functional groups attached to an aromatic ring is 1. The van der Waals surface area contributed by atoms with Crippen molar-refractivity contribution in [2.24, 2.45) is 0 Å². The average molecular weight is 251 g/mol. The number of nitrogens with two attached hydrogens (primary N) is 1. The van der Waals surface area contributed by atoms with Gasteiger partial charge in [-0.3, -0.25) is 0 Å². The molecular weight excluding hydrogens is 242 g/mol. The topological polar surface area (TPSA) is 87.3 Å². The predicted octanol–water partition coefficient (Wildman–Crippen LogP) is 1.35. The summed E-state index contributed by atoms with van der Waals surface area (Å²) in [5.74, 6) is 0.601. The number of esters is 1. The van der Waals surface area contributed by atoms with Gasteiger partial charge < -0.3 is 15.2 Å². The van der Waals surface area contributed by atoms with E-state index in [0.717, 1.165) is 11.5 Å². The summed E-state index contributed by atoms with van der Waals surface area (Å²) in [6, 6.07) is 6.64. The first kappa shape index (κ1) is 11.3. The van der Waals surface area contributed by atoms with E-state index in [0.29, 0.717) is 11.5 Å². The van der Waals surface area contributed by atoms with Gasteiger partial charge in [0.25, 0.3) is 0 Å². The fourth-order valence-corrected chi connectivity index (χ4v) is 1.60. The van der Waals surface area contributed by atoms with Crippen LogP contribution in [-0.4, -0.2) is 22.7 Å². The smallest absolute Gasteiger partial charge is 0.359 e. The molecule has 0 aliphatic heterocycles. The van der Waals surface area contributed by atoms with Gasteiger partial charge in [-0.25, -0.2) is 4.79 Å². The molecule has 0 aliphatic carbocycles. The molecule has 0 fully saturated rings. The third-order valence-electron chi connectivity index (χ3n) is 1.97. The molecule has 0 unspecified atom stereocenters. The van der Waals surface area contributed by atoms with Gasteiger partial charge in [0, 0.05) is 0 Å². The quantitative estimate of drug-likeness (QED) is 0.654. The summed E-state index contributed by atoms with van der Waals surface area (Å²) in [7, 11) is 1.56. The van der Waals surface area contributed by atoms with Crippen LogP contribution < -0.4 is 15.2 Å². The molecule has 0 amide bonds. The van der Waals surface area contributed by atoms with E-state index in [1.54, 1.807) is 31.4 Å². The highest BCUT2D eigenvalue weighted by atomic mass is 32.1. The molecule has 2 aromatic rings. The number of hydrogen-bond donors (Lipinski definition) is 1. The molecule has 1 heterocycles. The molecule has 1 aromatic heterocycles. The van der Waals surface area contributed by atoms with Crippen LogP contribution in [0.15, 0.2) is 24.3 Å². The van der Waals surface area contributed by atoms with E-state index in [-0.39, 0.29) is 10.7 Å². The summed E-state index contributed by atoms with van der Waals surface area (Å²) < 4.78 is 13.6. The standard InChI is InChI=1S/C10H9N3O3S/c1-15-6-2-4-7(5-3-6)16-10(14)8-9(11)12-13-17-8/h2-5H,11H2,1H3. The number of hydrogen-bond acceptors (Lipinski definition) is 7. The van der Waals surface area contributed by atoms with Crippen molar-refractivity contribution in [3.63, 3.8) is 0 Å². The summed E-state index contributed by atoms with van der Waals surface area (Å²) in [6.45, 7) is 0. The number of benzene rings is 1. The highest BCUT2D eigenvalue weighted by Crippen LogP contribution is 2.20. The van der Waals surface area contributed by atoms with E-state index in [1.165, 1.54) is 0 Å². The summed E-state index contributed by atoms with van der Waals surface area (Å²) in [5, 5.41) is 3.53. The highest BCUT2D eigenvalue weighted by Gasteiger charge is 2.16. The lowest BCUT2D eigenvalue weighted by Gasteiger charge is -2.03. The molecule has 2 rings (SSSR count). The number of carbonyl (C=O) groups excluding carboxylic acids is 1. The number of aromatic nitrogens is 2. The Morgan fingerprint density at radius 1 is 1.29 bits per heavy atom. The van der Waals surface area contributed by atoms with Crippen molar-refractivity contribution in [3.8, 4) is 11.5 Å². The van der Waals surface area contributed by atoms with Crippen LogP contribution in [0.2, 0.25) is 0 Å². The average Bonchev–Trinajstić information content (AvgIpc) is 2.76. The molecule has 0 saturated carbocycles. The summed E-state index contributed by atoms with van der Waals surface area (Å²) in [6.07, 6.45) is 0. The Morgan fingerprint density at radius 3 is 2.47 bits per heavy atom. The van der Waals surface area contributed by atoms with Gasteiger partial charge in [-0.2, -0.15) is 0 Å². The number of carbonyl (C=O) groups is 1.